The van der Waals surface area contributed by atoms with Crippen molar-refractivity contribution in [1.82, 2.24) is 0 Å². The van der Waals surface area contributed by atoms with E-state index in [1.165, 1.54) is 7.11 Å². The molecule has 60 valence electrons. The van der Waals surface area contributed by atoms with E-state index in [0.29, 0.717) is 0 Å². The predicted molar refractivity (Wildman–Crippen MR) is 33.7 cm³/mol. The van der Waals surface area contributed by atoms with Gasteiger partial charge in [0, 0.05) is 11.7 Å². The van der Waals surface area contributed by atoms with Gasteiger partial charge in [-0.15, -0.1) is 9.42 Å². The summed E-state index contributed by atoms with van der Waals surface area (Å²) in [5, 5.41) is 8.81. The topological polar surface area (TPSA) is 76.0 Å². The Morgan fingerprint density at radius 1 is 1.60 bits per heavy atom. The molecule has 0 amide bonds. The Hall–Kier alpha value is -0.0600. The second-order valence-electron chi connectivity index (χ2n) is 1.64. The van der Waals surface area contributed by atoms with Crippen LogP contribution < -0.4 is 0 Å². The molecule has 0 aromatic rings. The summed E-state index contributed by atoms with van der Waals surface area (Å²) in [4.78, 5) is 8.10. The minimum Gasteiger partial charge on any atom is -0.388 e. The van der Waals surface area contributed by atoms with Gasteiger partial charge in [-0.05, 0) is 0 Å². The van der Waals surface area contributed by atoms with E-state index in [9.17, 15) is 4.57 Å². The monoisotopic (exact) mass is 169 g/mol. The van der Waals surface area contributed by atoms with Crippen molar-refractivity contribution in [2.45, 2.75) is 6.10 Å². The number of hydrogen-bond acceptors (Lipinski definition) is 4. The lowest BCUT2D eigenvalue weighted by molar-refractivity contribution is 0.0317. The molecule has 2 N–H and O–H groups in total. The zero-order valence-electron chi connectivity index (χ0n) is 5.56. The fraction of sp³-hybridized carbons (Fsp3) is 1.00. The first-order valence-electron chi connectivity index (χ1n) is 2.63. The number of methoxy groups -OCH3 is 1. The number of aliphatic hydroxyl groups is 1. The number of ether oxygens (including phenoxy) is 1. The van der Waals surface area contributed by atoms with Crippen LogP contribution in [0, 0.1) is 0 Å². The van der Waals surface area contributed by atoms with Gasteiger partial charge in [-0.3, -0.25) is 0 Å². The molecule has 0 aliphatic rings. The SMILES string of the molecule is COCC(O)CO[P+](=O)O. The molecular weight excluding hydrogens is 159 g/mol. The summed E-state index contributed by atoms with van der Waals surface area (Å²) in [6, 6.07) is 0. The van der Waals surface area contributed by atoms with E-state index >= 15 is 0 Å². The van der Waals surface area contributed by atoms with Crippen molar-refractivity contribution >= 4 is 8.25 Å². The van der Waals surface area contributed by atoms with Gasteiger partial charge in [0.2, 0.25) is 0 Å². The van der Waals surface area contributed by atoms with Gasteiger partial charge >= 0.3 is 8.25 Å². The molecule has 6 heteroatoms. The molecule has 0 aliphatic heterocycles. The van der Waals surface area contributed by atoms with Crippen LogP contribution in [0.5, 0.6) is 0 Å². The fourth-order valence-corrected chi connectivity index (χ4v) is 0.690. The van der Waals surface area contributed by atoms with Crippen LogP contribution in [0.3, 0.4) is 0 Å². The van der Waals surface area contributed by atoms with Crippen molar-refractivity contribution < 1.29 is 23.8 Å². The Kier molecular flexibility index (Phi) is 5.67. The lowest BCUT2D eigenvalue weighted by atomic mass is 10.4. The zero-order chi connectivity index (χ0) is 7.98. The summed E-state index contributed by atoms with van der Waals surface area (Å²) in [5.74, 6) is 0. The Morgan fingerprint density at radius 2 is 2.20 bits per heavy atom. The maximum absolute atomic E-state index is 9.88. The molecule has 0 saturated heterocycles. The van der Waals surface area contributed by atoms with Gasteiger partial charge in [-0.1, -0.05) is 0 Å². The summed E-state index contributed by atoms with van der Waals surface area (Å²) in [6.45, 7) is -0.0806. The van der Waals surface area contributed by atoms with E-state index in [-0.39, 0.29) is 13.2 Å². The van der Waals surface area contributed by atoms with Crippen molar-refractivity contribution in [3.63, 3.8) is 0 Å². The van der Waals surface area contributed by atoms with Crippen LogP contribution in [0.2, 0.25) is 0 Å². The maximum atomic E-state index is 9.88. The summed E-state index contributed by atoms with van der Waals surface area (Å²) < 4.78 is 18.6. The lowest BCUT2D eigenvalue weighted by Gasteiger charge is -2.02. The Labute approximate surface area is 59.5 Å². The summed E-state index contributed by atoms with van der Waals surface area (Å²) in [7, 11) is -1.19. The minimum atomic E-state index is -2.61. The van der Waals surface area contributed by atoms with Gasteiger partial charge in [0.1, 0.15) is 12.7 Å². The van der Waals surface area contributed by atoms with Crippen LogP contribution >= 0.6 is 8.25 Å². The average Bonchev–Trinajstić information content (AvgIpc) is 1.85. The summed E-state index contributed by atoms with van der Waals surface area (Å²) in [6.07, 6.45) is -0.837. The molecule has 0 spiro atoms. The fourth-order valence-electron chi connectivity index (χ4n) is 0.390. The van der Waals surface area contributed by atoms with E-state index in [0.717, 1.165) is 0 Å². The van der Waals surface area contributed by atoms with Gasteiger partial charge in [0.25, 0.3) is 0 Å². The molecule has 0 heterocycles. The van der Waals surface area contributed by atoms with Crippen LogP contribution in [0.25, 0.3) is 0 Å². The zero-order valence-corrected chi connectivity index (χ0v) is 6.45. The minimum absolute atomic E-state index is 0.100. The second kappa shape index (κ2) is 5.70. The molecule has 10 heavy (non-hydrogen) atoms. The largest absolute Gasteiger partial charge is 0.694 e. The Balaban J connectivity index is 3.21. The molecule has 2 unspecified atom stereocenters. The predicted octanol–water partition coefficient (Wildman–Crippen LogP) is -0.340. The highest BCUT2D eigenvalue weighted by Crippen LogP contribution is 2.13. The number of hydrogen-bond donors (Lipinski definition) is 2. The quantitative estimate of drug-likeness (QED) is 0.550. The van der Waals surface area contributed by atoms with Crippen LogP contribution in [0.4, 0.5) is 0 Å². The van der Waals surface area contributed by atoms with Gasteiger partial charge in [0.15, 0.2) is 0 Å². The van der Waals surface area contributed by atoms with Crippen molar-refractivity contribution in [2.75, 3.05) is 20.3 Å². The number of aliphatic hydroxyl groups excluding tert-OH is 1. The van der Waals surface area contributed by atoms with E-state index in [1.807, 2.05) is 0 Å². The first kappa shape index (κ1) is 9.94. The van der Waals surface area contributed by atoms with E-state index in [2.05, 4.69) is 9.26 Å². The van der Waals surface area contributed by atoms with Gasteiger partial charge in [0.05, 0.1) is 6.61 Å². The van der Waals surface area contributed by atoms with E-state index in [4.69, 9.17) is 10.00 Å². The third-order valence-corrected chi connectivity index (χ3v) is 1.11. The summed E-state index contributed by atoms with van der Waals surface area (Å²) >= 11 is 0. The summed E-state index contributed by atoms with van der Waals surface area (Å²) in [5.41, 5.74) is 0. The molecule has 2 atom stereocenters. The average molecular weight is 169 g/mol. The van der Waals surface area contributed by atoms with E-state index in [1.54, 1.807) is 0 Å². The van der Waals surface area contributed by atoms with E-state index < -0.39 is 14.4 Å². The van der Waals surface area contributed by atoms with Gasteiger partial charge in [-0.2, -0.15) is 0 Å². The molecule has 0 aromatic heterocycles. The molecule has 0 fully saturated rings. The highest BCUT2D eigenvalue weighted by Gasteiger charge is 2.15. The smallest absolute Gasteiger partial charge is 0.388 e. The molecule has 0 radical (unpaired) electrons. The first-order valence-corrected chi connectivity index (χ1v) is 3.76. The van der Waals surface area contributed by atoms with Gasteiger partial charge < -0.3 is 9.84 Å². The van der Waals surface area contributed by atoms with Crippen molar-refractivity contribution in [3.05, 3.63) is 0 Å². The Morgan fingerprint density at radius 3 is 2.60 bits per heavy atom. The molecule has 0 rings (SSSR count). The van der Waals surface area contributed by atoms with Crippen LogP contribution in [-0.4, -0.2) is 36.4 Å². The third kappa shape index (κ3) is 6.07. The normalized spacial score (nSPS) is 14.9. The van der Waals surface area contributed by atoms with Gasteiger partial charge in [-0.25, -0.2) is 0 Å². The molecule has 0 aromatic carbocycles. The highest BCUT2D eigenvalue weighted by molar-refractivity contribution is 7.32. The number of rotatable bonds is 5. The lowest BCUT2D eigenvalue weighted by Crippen LogP contribution is -2.19. The van der Waals surface area contributed by atoms with Crippen molar-refractivity contribution in [3.8, 4) is 0 Å². The van der Waals surface area contributed by atoms with Crippen molar-refractivity contribution in [2.24, 2.45) is 0 Å². The Bertz CT molecular complexity index is 106. The molecule has 0 saturated carbocycles. The molecule has 5 nitrogen and oxygen atoms in total. The van der Waals surface area contributed by atoms with Crippen LogP contribution in [0.15, 0.2) is 0 Å². The molecular formula is C4H10O5P+. The van der Waals surface area contributed by atoms with Crippen LogP contribution in [-0.2, 0) is 13.8 Å². The third-order valence-electron chi connectivity index (χ3n) is 0.736. The maximum Gasteiger partial charge on any atom is 0.694 e. The highest BCUT2D eigenvalue weighted by atomic mass is 31.1. The molecule has 0 bridgehead atoms. The molecule has 0 aliphatic carbocycles. The standard InChI is InChI=1S/C4H9O5P/c1-8-2-4(5)3-9-10(6)7/h4-5H,2-3H2,1H3/p+1. The van der Waals surface area contributed by atoms with Crippen molar-refractivity contribution in [1.29, 1.82) is 0 Å². The van der Waals surface area contributed by atoms with Crippen LogP contribution in [0.1, 0.15) is 0 Å². The second-order valence-corrected chi connectivity index (χ2v) is 2.38. The first-order chi connectivity index (χ1) is 4.66.